The first-order valence-electron chi connectivity index (χ1n) is 7.42. The molecule has 118 valence electrons. The lowest BCUT2D eigenvalue weighted by Crippen LogP contribution is -2.40. The van der Waals surface area contributed by atoms with Gasteiger partial charge in [0.05, 0.1) is 17.1 Å². The van der Waals surface area contributed by atoms with Crippen molar-refractivity contribution >= 4 is 15.7 Å². The Morgan fingerprint density at radius 1 is 1.17 bits per heavy atom. The van der Waals surface area contributed by atoms with E-state index in [2.05, 4.69) is 11.1 Å². The molecule has 1 aliphatic heterocycles. The summed E-state index contributed by atoms with van der Waals surface area (Å²) >= 11 is 0. The summed E-state index contributed by atoms with van der Waals surface area (Å²) in [6.07, 6.45) is 1.57. The number of hydrogen-bond acceptors (Lipinski definition) is 5. The standard InChI is InChI=1S/C17H17N3O2S/c1-13-4-2-3-5-15(13)16-10-17(19-12-14(16)11-18)20-6-8-23(21,22)9-7-20/h2-5,10,12H,6-9H2,1H3. The lowest BCUT2D eigenvalue weighted by atomic mass is 9.98. The van der Waals surface area contributed by atoms with Crippen molar-refractivity contribution in [3.05, 3.63) is 47.7 Å². The molecule has 3 rings (SSSR count). The maximum Gasteiger partial charge on any atom is 0.153 e. The second-order valence-electron chi connectivity index (χ2n) is 5.65. The zero-order chi connectivity index (χ0) is 16.4. The molecule has 23 heavy (non-hydrogen) atoms. The second kappa shape index (κ2) is 6.01. The highest BCUT2D eigenvalue weighted by Gasteiger charge is 2.23. The minimum absolute atomic E-state index is 0.147. The Balaban J connectivity index is 2.01. The van der Waals surface area contributed by atoms with Gasteiger partial charge < -0.3 is 4.90 Å². The highest BCUT2D eigenvalue weighted by atomic mass is 32.2. The summed E-state index contributed by atoms with van der Waals surface area (Å²) in [6.45, 7) is 2.88. The van der Waals surface area contributed by atoms with Crippen LogP contribution in [0.5, 0.6) is 0 Å². The Kier molecular flexibility index (Phi) is 4.05. The van der Waals surface area contributed by atoms with Gasteiger partial charge in [-0.15, -0.1) is 0 Å². The van der Waals surface area contributed by atoms with E-state index in [1.54, 1.807) is 6.20 Å². The Morgan fingerprint density at radius 2 is 1.87 bits per heavy atom. The molecule has 1 aromatic carbocycles. The average Bonchev–Trinajstić information content (AvgIpc) is 2.55. The number of benzene rings is 1. The minimum atomic E-state index is -2.93. The molecule has 0 radical (unpaired) electrons. The van der Waals surface area contributed by atoms with Gasteiger partial charge in [0.2, 0.25) is 0 Å². The van der Waals surface area contributed by atoms with Crippen molar-refractivity contribution < 1.29 is 8.42 Å². The van der Waals surface area contributed by atoms with Crippen LogP contribution >= 0.6 is 0 Å². The van der Waals surface area contributed by atoms with E-state index >= 15 is 0 Å². The predicted octanol–water partition coefficient (Wildman–Crippen LogP) is 2.16. The monoisotopic (exact) mass is 327 g/mol. The molecule has 0 bridgehead atoms. The largest absolute Gasteiger partial charge is 0.355 e. The lowest BCUT2D eigenvalue weighted by molar-refractivity contribution is 0.586. The van der Waals surface area contributed by atoms with Gasteiger partial charge in [0, 0.05) is 24.8 Å². The van der Waals surface area contributed by atoms with Crippen LogP contribution in [0.3, 0.4) is 0 Å². The van der Waals surface area contributed by atoms with Crippen molar-refractivity contribution in [2.45, 2.75) is 6.92 Å². The number of rotatable bonds is 2. The molecular formula is C17H17N3O2S. The third-order valence-electron chi connectivity index (χ3n) is 4.11. The molecule has 1 saturated heterocycles. The first kappa shape index (κ1) is 15.5. The van der Waals surface area contributed by atoms with E-state index in [1.165, 1.54) is 0 Å². The first-order valence-corrected chi connectivity index (χ1v) is 9.24. The fraction of sp³-hybridized carbons (Fsp3) is 0.294. The van der Waals surface area contributed by atoms with Gasteiger partial charge >= 0.3 is 0 Å². The molecule has 0 amide bonds. The van der Waals surface area contributed by atoms with Crippen molar-refractivity contribution in [2.24, 2.45) is 0 Å². The molecule has 1 fully saturated rings. The highest BCUT2D eigenvalue weighted by molar-refractivity contribution is 7.91. The lowest BCUT2D eigenvalue weighted by Gasteiger charge is -2.28. The number of nitrogens with zero attached hydrogens (tertiary/aromatic N) is 3. The quantitative estimate of drug-likeness (QED) is 0.845. The van der Waals surface area contributed by atoms with Gasteiger partial charge in [0.15, 0.2) is 9.84 Å². The first-order chi connectivity index (χ1) is 11.0. The molecule has 1 aromatic heterocycles. The topological polar surface area (TPSA) is 74.1 Å². The molecule has 0 spiro atoms. The Labute approximate surface area is 136 Å². The molecule has 6 heteroatoms. The van der Waals surface area contributed by atoms with E-state index in [0.29, 0.717) is 18.7 Å². The SMILES string of the molecule is Cc1ccccc1-c1cc(N2CCS(=O)(=O)CC2)ncc1C#N. The third-order valence-corrected chi connectivity index (χ3v) is 5.72. The maximum absolute atomic E-state index is 11.6. The van der Waals surface area contributed by atoms with Crippen molar-refractivity contribution in [3.63, 3.8) is 0 Å². The second-order valence-corrected chi connectivity index (χ2v) is 7.96. The zero-order valence-electron chi connectivity index (χ0n) is 12.9. The number of anilines is 1. The molecule has 0 N–H and O–H groups in total. The summed E-state index contributed by atoms with van der Waals surface area (Å²) in [6, 6.07) is 12.0. The summed E-state index contributed by atoms with van der Waals surface area (Å²) in [5.74, 6) is 1.01. The van der Waals surface area contributed by atoms with Gasteiger partial charge in [-0.1, -0.05) is 24.3 Å². The Bertz CT molecular complexity index is 871. The predicted molar refractivity (Wildman–Crippen MR) is 90.0 cm³/mol. The van der Waals surface area contributed by atoms with Crippen molar-refractivity contribution in [1.82, 2.24) is 4.98 Å². The molecule has 0 saturated carbocycles. The maximum atomic E-state index is 11.6. The normalized spacial score (nSPS) is 16.8. The van der Waals surface area contributed by atoms with E-state index in [-0.39, 0.29) is 11.5 Å². The van der Waals surface area contributed by atoms with Crippen LogP contribution in [0.4, 0.5) is 5.82 Å². The number of hydrogen-bond donors (Lipinski definition) is 0. The molecule has 0 atom stereocenters. The molecular weight excluding hydrogens is 310 g/mol. The summed E-state index contributed by atoms with van der Waals surface area (Å²) in [7, 11) is -2.93. The third kappa shape index (κ3) is 3.20. The number of nitriles is 1. The smallest absolute Gasteiger partial charge is 0.153 e. The number of sulfone groups is 1. The Hall–Kier alpha value is -2.39. The average molecular weight is 327 g/mol. The van der Waals surface area contributed by atoms with Crippen molar-refractivity contribution in [1.29, 1.82) is 5.26 Å². The van der Waals surface area contributed by atoms with Crippen LogP contribution in [0.15, 0.2) is 36.5 Å². The fourth-order valence-corrected chi connectivity index (χ4v) is 3.95. The van der Waals surface area contributed by atoms with Crippen LogP contribution in [-0.4, -0.2) is 38.0 Å². The molecule has 0 aliphatic carbocycles. The number of pyridine rings is 1. The van der Waals surface area contributed by atoms with Crippen LogP contribution in [0.25, 0.3) is 11.1 Å². The van der Waals surface area contributed by atoms with Crippen molar-refractivity contribution in [3.8, 4) is 17.2 Å². The summed E-state index contributed by atoms with van der Waals surface area (Å²) in [5, 5.41) is 9.36. The van der Waals surface area contributed by atoms with Crippen LogP contribution in [0.2, 0.25) is 0 Å². The van der Waals surface area contributed by atoms with Gasteiger partial charge in [-0.3, -0.25) is 0 Å². The Morgan fingerprint density at radius 3 is 2.52 bits per heavy atom. The van der Waals surface area contributed by atoms with E-state index in [1.807, 2.05) is 42.2 Å². The van der Waals surface area contributed by atoms with E-state index < -0.39 is 9.84 Å². The molecule has 1 aliphatic rings. The molecule has 2 heterocycles. The van der Waals surface area contributed by atoms with E-state index in [4.69, 9.17) is 0 Å². The van der Waals surface area contributed by atoms with Crippen LogP contribution in [0, 0.1) is 18.3 Å². The van der Waals surface area contributed by atoms with Crippen molar-refractivity contribution in [2.75, 3.05) is 29.5 Å². The van der Waals surface area contributed by atoms with E-state index in [0.717, 1.165) is 22.5 Å². The van der Waals surface area contributed by atoms with Crippen LogP contribution < -0.4 is 4.90 Å². The summed E-state index contributed by atoms with van der Waals surface area (Å²) in [5.41, 5.74) is 3.44. The van der Waals surface area contributed by atoms with Gasteiger partial charge in [0.1, 0.15) is 11.9 Å². The van der Waals surface area contributed by atoms with Crippen LogP contribution in [0.1, 0.15) is 11.1 Å². The fourth-order valence-electron chi connectivity index (χ4n) is 2.75. The number of aryl methyl sites for hydroxylation is 1. The molecule has 5 nitrogen and oxygen atoms in total. The molecule has 2 aromatic rings. The highest BCUT2D eigenvalue weighted by Crippen LogP contribution is 2.29. The molecule has 0 unspecified atom stereocenters. The van der Waals surface area contributed by atoms with Gasteiger partial charge in [-0.05, 0) is 24.1 Å². The summed E-state index contributed by atoms with van der Waals surface area (Å²) in [4.78, 5) is 6.31. The number of aromatic nitrogens is 1. The van der Waals surface area contributed by atoms with Gasteiger partial charge in [-0.2, -0.15) is 5.26 Å². The zero-order valence-corrected chi connectivity index (χ0v) is 13.7. The van der Waals surface area contributed by atoms with Gasteiger partial charge in [-0.25, -0.2) is 13.4 Å². The van der Waals surface area contributed by atoms with E-state index in [9.17, 15) is 13.7 Å². The van der Waals surface area contributed by atoms with Crippen LogP contribution in [-0.2, 0) is 9.84 Å². The van der Waals surface area contributed by atoms with Gasteiger partial charge in [0.25, 0.3) is 0 Å². The minimum Gasteiger partial charge on any atom is -0.355 e. The summed E-state index contributed by atoms with van der Waals surface area (Å²) < 4.78 is 23.1.